The molecular weight excluding hydrogens is 394 g/mol. The molecule has 7 nitrogen and oxygen atoms in total. The van der Waals surface area contributed by atoms with Gasteiger partial charge < -0.3 is 20.1 Å². The summed E-state index contributed by atoms with van der Waals surface area (Å²) in [5, 5.41) is 5.70. The van der Waals surface area contributed by atoms with Crippen molar-refractivity contribution in [1.82, 2.24) is 15.6 Å². The van der Waals surface area contributed by atoms with Crippen molar-refractivity contribution in [2.75, 3.05) is 20.3 Å². The van der Waals surface area contributed by atoms with E-state index >= 15 is 0 Å². The van der Waals surface area contributed by atoms with Gasteiger partial charge in [-0.05, 0) is 23.3 Å². The zero-order valence-electron chi connectivity index (χ0n) is 17.3. The highest BCUT2D eigenvalue weighted by Crippen LogP contribution is 2.15. The Morgan fingerprint density at radius 1 is 0.935 bits per heavy atom. The molecule has 0 aliphatic heterocycles. The number of rotatable bonds is 10. The standard InChI is InChI=1S/C24H25N3O4/c1-30-14-15-31-21-13-12-18(16-25-21)17-26-24(29)22(19-8-4-2-5-9-19)27-23(28)20-10-6-3-7-11-20/h2-13,16,22H,14-15,17H2,1H3,(H,26,29)(H,27,28). The number of aromatic nitrogens is 1. The van der Waals surface area contributed by atoms with Gasteiger partial charge in [0.2, 0.25) is 11.8 Å². The van der Waals surface area contributed by atoms with Crippen molar-refractivity contribution in [1.29, 1.82) is 0 Å². The van der Waals surface area contributed by atoms with Crippen LogP contribution in [0, 0.1) is 0 Å². The van der Waals surface area contributed by atoms with Crippen LogP contribution < -0.4 is 15.4 Å². The molecule has 7 heteroatoms. The Kier molecular flexibility index (Phi) is 8.13. The molecule has 3 rings (SSSR count). The molecule has 1 aromatic heterocycles. The van der Waals surface area contributed by atoms with E-state index < -0.39 is 6.04 Å². The molecule has 2 amide bonds. The zero-order valence-corrected chi connectivity index (χ0v) is 17.3. The summed E-state index contributed by atoms with van der Waals surface area (Å²) in [6.45, 7) is 1.17. The first-order chi connectivity index (χ1) is 15.2. The van der Waals surface area contributed by atoms with Crippen LogP contribution in [0.2, 0.25) is 0 Å². The molecule has 1 heterocycles. The maximum Gasteiger partial charge on any atom is 0.252 e. The summed E-state index contributed by atoms with van der Waals surface area (Å²) >= 11 is 0. The number of nitrogens with zero attached hydrogens (tertiary/aromatic N) is 1. The number of pyridine rings is 1. The van der Waals surface area contributed by atoms with Crippen LogP contribution in [0.3, 0.4) is 0 Å². The van der Waals surface area contributed by atoms with E-state index in [1.807, 2.05) is 42.5 Å². The minimum absolute atomic E-state index is 0.273. The molecule has 0 aliphatic carbocycles. The van der Waals surface area contributed by atoms with Crippen LogP contribution in [0.5, 0.6) is 5.88 Å². The van der Waals surface area contributed by atoms with Crippen LogP contribution in [0.4, 0.5) is 0 Å². The first kappa shape index (κ1) is 22.0. The van der Waals surface area contributed by atoms with Gasteiger partial charge in [-0.15, -0.1) is 0 Å². The van der Waals surface area contributed by atoms with E-state index in [0.29, 0.717) is 30.2 Å². The van der Waals surface area contributed by atoms with Gasteiger partial charge >= 0.3 is 0 Å². The molecular formula is C24H25N3O4. The molecule has 0 saturated carbocycles. The molecule has 0 radical (unpaired) electrons. The first-order valence-electron chi connectivity index (χ1n) is 9.92. The Bertz CT molecular complexity index is 963. The maximum atomic E-state index is 12.9. The third-order valence-corrected chi connectivity index (χ3v) is 4.51. The third-order valence-electron chi connectivity index (χ3n) is 4.51. The molecule has 0 saturated heterocycles. The van der Waals surface area contributed by atoms with Crippen LogP contribution in [-0.2, 0) is 16.1 Å². The van der Waals surface area contributed by atoms with E-state index in [2.05, 4.69) is 15.6 Å². The molecule has 31 heavy (non-hydrogen) atoms. The highest BCUT2D eigenvalue weighted by molar-refractivity contribution is 5.97. The Labute approximate surface area is 181 Å². The average molecular weight is 419 g/mol. The quantitative estimate of drug-likeness (QED) is 0.493. The van der Waals surface area contributed by atoms with Gasteiger partial charge in [0.25, 0.3) is 5.91 Å². The monoisotopic (exact) mass is 419 g/mol. The highest BCUT2D eigenvalue weighted by Gasteiger charge is 2.23. The summed E-state index contributed by atoms with van der Waals surface area (Å²) < 4.78 is 10.4. The Balaban J connectivity index is 1.64. The molecule has 1 unspecified atom stereocenters. The molecule has 2 aromatic carbocycles. The molecule has 0 aliphatic rings. The van der Waals surface area contributed by atoms with Gasteiger partial charge in [0.1, 0.15) is 12.6 Å². The normalized spacial score (nSPS) is 11.4. The summed E-state index contributed by atoms with van der Waals surface area (Å²) in [6, 6.07) is 20.7. The minimum atomic E-state index is -0.821. The van der Waals surface area contributed by atoms with Crippen molar-refractivity contribution >= 4 is 11.8 Å². The van der Waals surface area contributed by atoms with Gasteiger partial charge in [-0.1, -0.05) is 54.6 Å². The minimum Gasteiger partial charge on any atom is -0.475 e. The van der Waals surface area contributed by atoms with Crippen molar-refractivity contribution in [3.05, 3.63) is 95.7 Å². The molecule has 0 bridgehead atoms. The number of carbonyl (C=O) groups is 2. The number of ether oxygens (including phenoxy) is 2. The summed E-state index contributed by atoms with van der Waals surface area (Å²) in [6.07, 6.45) is 1.64. The van der Waals surface area contributed by atoms with Gasteiger partial charge in [-0.2, -0.15) is 0 Å². The number of carbonyl (C=O) groups excluding carboxylic acids is 2. The number of benzene rings is 2. The second-order valence-corrected chi connectivity index (χ2v) is 6.75. The fourth-order valence-electron chi connectivity index (χ4n) is 2.87. The predicted octanol–water partition coefficient (Wildman–Crippen LogP) is 2.89. The molecule has 0 spiro atoms. The van der Waals surface area contributed by atoms with Crippen LogP contribution in [0.15, 0.2) is 79.0 Å². The fourth-order valence-corrected chi connectivity index (χ4v) is 2.87. The van der Waals surface area contributed by atoms with Gasteiger partial charge in [0, 0.05) is 31.5 Å². The van der Waals surface area contributed by atoms with Crippen molar-refractivity contribution < 1.29 is 19.1 Å². The summed E-state index contributed by atoms with van der Waals surface area (Å²) in [5.74, 6) is -0.135. The predicted molar refractivity (Wildman–Crippen MR) is 117 cm³/mol. The molecule has 160 valence electrons. The SMILES string of the molecule is COCCOc1ccc(CNC(=O)C(NC(=O)c2ccccc2)c2ccccc2)cn1. The second kappa shape index (κ2) is 11.5. The van der Waals surface area contributed by atoms with Crippen LogP contribution >= 0.6 is 0 Å². The van der Waals surface area contributed by atoms with Crippen LogP contribution in [0.25, 0.3) is 0 Å². The lowest BCUT2D eigenvalue weighted by atomic mass is 10.1. The lowest BCUT2D eigenvalue weighted by Gasteiger charge is -2.19. The number of amides is 2. The number of nitrogens with one attached hydrogen (secondary N) is 2. The molecule has 3 aromatic rings. The van der Waals surface area contributed by atoms with E-state index in [1.54, 1.807) is 43.6 Å². The Morgan fingerprint density at radius 2 is 1.65 bits per heavy atom. The second-order valence-electron chi connectivity index (χ2n) is 6.75. The number of hydrogen-bond acceptors (Lipinski definition) is 5. The largest absolute Gasteiger partial charge is 0.475 e. The topological polar surface area (TPSA) is 89.5 Å². The van der Waals surface area contributed by atoms with Crippen LogP contribution in [-0.4, -0.2) is 37.1 Å². The fraction of sp³-hybridized carbons (Fsp3) is 0.208. The average Bonchev–Trinajstić information content (AvgIpc) is 2.83. The summed E-state index contributed by atoms with van der Waals surface area (Å²) in [4.78, 5) is 29.8. The number of hydrogen-bond donors (Lipinski definition) is 2. The van der Waals surface area contributed by atoms with Crippen LogP contribution in [0.1, 0.15) is 27.5 Å². The van der Waals surface area contributed by atoms with Crippen molar-refractivity contribution in [2.45, 2.75) is 12.6 Å². The maximum absolute atomic E-state index is 12.9. The smallest absolute Gasteiger partial charge is 0.252 e. The Morgan fingerprint density at radius 3 is 2.29 bits per heavy atom. The van der Waals surface area contributed by atoms with Crippen molar-refractivity contribution in [2.24, 2.45) is 0 Å². The van der Waals surface area contributed by atoms with Gasteiger partial charge in [0.05, 0.1) is 6.61 Å². The van der Waals surface area contributed by atoms with Gasteiger partial charge in [0.15, 0.2) is 0 Å². The van der Waals surface area contributed by atoms with E-state index in [4.69, 9.17) is 9.47 Å². The van der Waals surface area contributed by atoms with E-state index in [1.165, 1.54) is 0 Å². The van der Waals surface area contributed by atoms with E-state index in [9.17, 15) is 9.59 Å². The lowest BCUT2D eigenvalue weighted by molar-refractivity contribution is -0.123. The van der Waals surface area contributed by atoms with Gasteiger partial charge in [-0.3, -0.25) is 9.59 Å². The van der Waals surface area contributed by atoms with E-state index in [-0.39, 0.29) is 18.4 Å². The highest BCUT2D eigenvalue weighted by atomic mass is 16.5. The van der Waals surface area contributed by atoms with E-state index in [0.717, 1.165) is 5.56 Å². The molecule has 2 N–H and O–H groups in total. The Hall–Kier alpha value is -3.71. The summed E-state index contributed by atoms with van der Waals surface area (Å²) in [7, 11) is 1.60. The van der Waals surface area contributed by atoms with Gasteiger partial charge in [-0.25, -0.2) is 4.98 Å². The van der Waals surface area contributed by atoms with Crippen molar-refractivity contribution in [3.8, 4) is 5.88 Å². The zero-order chi connectivity index (χ0) is 21.9. The number of methoxy groups -OCH3 is 1. The lowest BCUT2D eigenvalue weighted by Crippen LogP contribution is -2.40. The molecule has 1 atom stereocenters. The molecule has 0 fully saturated rings. The third kappa shape index (κ3) is 6.65. The van der Waals surface area contributed by atoms with Crippen molar-refractivity contribution in [3.63, 3.8) is 0 Å². The summed E-state index contributed by atoms with van der Waals surface area (Å²) in [5.41, 5.74) is 2.00. The first-order valence-corrected chi connectivity index (χ1v) is 9.92.